The third-order valence-electron chi connectivity index (χ3n) is 5.75. The standard InChI is InChI=1S/C26H28N4O3S/c31-24(19-29-14-16-30(17-15-29)26(33)23-11-6-18-34-23)28-22-10-5-4-9-21(22)25(32)27-13-12-20-7-2-1-3-8-20/h1-11,18H,12-17,19H2,(H,27,32)(H,28,31). The van der Waals surface area contributed by atoms with E-state index in [1.807, 2.05) is 57.6 Å². The topological polar surface area (TPSA) is 81.8 Å². The summed E-state index contributed by atoms with van der Waals surface area (Å²) < 4.78 is 0. The minimum atomic E-state index is -0.215. The molecule has 1 fully saturated rings. The van der Waals surface area contributed by atoms with Gasteiger partial charge in [0, 0.05) is 32.7 Å². The summed E-state index contributed by atoms with van der Waals surface area (Å²) in [6.07, 6.45) is 0.738. The number of para-hydroxylation sites is 1. The Kier molecular flexibility index (Phi) is 8.06. The molecule has 8 heteroatoms. The van der Waals surface area contributed by atoms with Gasteiger partial charge in [0.2, 0.25) is 5.91 Å². The van der Waals surface area contributed by atoms with E-state index in [0.717, 1.165) is 16.9 Å². The number of anilines is 1. The highest BCUT2D eigenvalue weighted by Crippen LogP contribution is 2.16. The van der Waals surface area contributed by atoms with Gasteiger partial charge >= 0.3 is 0 Å². The molecule has 0 saturated carbocycles. The van der Waals surface area contributed by atoms with Crippen LogP contribution < -0.4 is 10.6 Å². The van der Waals surface area contributed by atoms with Gasteiger partial charge in [0.15, 0.2) is 0 Å². The van der Waals surface area contributed by atoms with Crippen LogP contribution in [0.1, 0.15) is 25.6 Å². The number of rotatable bonds is 8. The van der Waals surface area contributed by atoms with Gasteiger partial charge in [-0.1, -0.05) is 48.5 Å². The molecule has 34 heavy (non-hydrogen) atoms. The van der Waals surface area contributed by atoms with Crippen molar-refractivity contribution in [3.05, 3.63) is 88.1 Å². The van der Waals surface area contributed by atoms with E-state index < -0.39 is 0 Å². The van der Waals surface area contributed by atoms with Gasteiger partial charge in [-0.05, 0) is 35.6 Å². The molecule has 4 rings (SSSR count). The molecule has 0 bridgehead atoms. The average Bonchev–Trinajstić information content (AvgIpc) is 3.40. The molecule has 1 aromatic heterocycles. The van der Waals surface area contributed by atoms with Crippen LogP contribution in [0.15, 0.2) is 72.1 Å². The van der Waals surface area contributed by atoms with Crippen LogP contribution >= 0.6 is 11.3 Å². The zero-order valence-electron chi connectivity index (χ0n) is 18.9. The minimum absolute atomic E-state index is 0.0475. The van der Waals surface area contributed by atoms with Crippen molar-refractivity contribution in [2.75, 3.05) is 44.6 Å². The molecule has 3 aromatic rings. The molecule has 2 aromatic carbocycles. The second-order valence-electron chi connectivity index (χ2n) is 8.13. The summed E-state index contributed by atoms with van der Waals surface area (Å²) in [5.74, 6) is -0.346. The highest BCUT2D eigenvalue weighted by Gasteiger charge is 2.24. The van der Waals surface area contributed by atoms with Crippen LogP contribution in [-0.2, 0) is 11.2 Å². The predicted molar refractivity (Wildman–Crippen MR) is 134 cm³/mol. The Hall–Kier alpha value is -3.49. The number of nitrogens with one attached hydrogen (secondary N) is 2. The highest BCUT2D eigenvalue weighted by molar-refractivity contribution is 7.12. The molecule has 2 heterocycles. The lowest BCUT2D eigenvalue weighted by molar-refractivity contribution is -0.117. The van der Waals surface area contributed by atoms with Crippen molar-refractivity contribution in [1.29, 1.82) is 0 Å². The van der Waals surface area contributed by atoms with Crippen LogP contribution in [0.5, 0.6) is 0 Å². The lowest BCUT2D eigenvalue weighted by atomic mass is 10.1. The van der Waals surface area contributed by atoms with Gasteiger partial charge in [-0.25, -0.2) is 0 Å². The Morgan fingerprint density at radius 3 is 2.32 bits per heavy atom. The number of hydrogen-bond donors (Lipinski definition) is 2. The fourth-order valence-electron chi connectivity index (χ4n) is 3.91. The predicted octanol–water partition coefficient (Wildman–Crippen LogP) is 3.12. The number of thiophene rings is 1. The first-order valence-corrected chi connectivity index (χ1v) is 12.2. The van der Waals surface area contributed by atoms with E-state index >= 15 is 0 Å². The monoisotopic (exact) mass is 476 g/mol. The first-order chi connectivity index (χ1) is 16.6. The molecule has 0 atom stereocenters. The highest BCUT2D eigenvalue weighted by atomic mass is 32.1. The second kappa shape index (κ2) is 11.6. The number of carbonyl (C=O) groups is 3. The van der Waals surface area contributed by atoms with Gasteiger partial charge < -0.3 is 15.5 Å². The van der Waals surface area contributed by atoms with Gasteiger partial charge in [0.05, 0.1) is 22.7 Å². The van der Waals surface area contributed by atoms with Gasteiger partial charge in [-0.15, -0.1) is 11.3 Å². The fourth-order valence-corrected chi connectivity index (χ4v) is 4.60. The Labute approximate surface area is 203 Å². The van der Waals surface area contributed by atoms with Crippen molar-refractivity contribution in [3.8, 4) is 0 Å². The number of carbonyl (C=O) groups excluding carboxylic acids is 3. The second-order valence-corrected chi connectivity index (χ2v) is 9.08. The van der Waals surface area contributed by atoms with Crippen LogP contribution in [0.3, 0.4) is 0 Å². The summed E-state index contributed by atoms with van der Waals surface area (Å²) in [5.41, 5.74) is 2.09. The van der Waals surface area contributed by atoms with Crippen molar-refractivity contribution in [2.45, 2.75) is 6.42 Å². The van der Waals surface area contributed by atoms with Crippen molar-refractivity contribution in [2.24, 2.45) is 0 Å². The van der Waals surface area contributed by atoms with E-state index in [1.165, 1.54) is 11.3 Å². The molecule has 0 unspecified atom stereocenters. The summed E-state index contributed by atoms with van der Waals surface area (Å²) in [6, 6.07) is 20.7. The Balaban J connectivity index is 1.26. The van der Waals surface area contributed by atoms with Crippen LogP contribution in [-0.4, -0.2) is 66.8 Å². The average molecular weight is 477 g/mol. The largest absolute Gasteiger partial charge is 0.352 e. The first-order valence-electron chi connectivity index (χ1n) is 11.4. The van der Waals surface area contributed by atoms with Crippen molar-refractivity contribution < 1.29 is 14.4 Å². The van der Waals surface area contributed by atoms with Crippen molar-refractivity contribution in [1.82, 2.24) is 15.1 Å². The molecule has 1 aliphatic rings. The molecule has 176 valence electrons. The van der Waals surface area contributed by atoms with E-state index in [4.69, 9.17) is 0 Å². The Morgan fingerprint density at radius 1 is 0.853 bits per heavy atom. The molecule has 0 radical (unpaired) electrons. The van der Waals surface area contributed by atoms with Gasteiger partial charge in [0.25, 0.3) is 11.8 Å². The number of hydrogen-bond acceptors (Lipinski definition) is 5. The quantitative estimate of drug-likeness (QED) is 0.524. The van der Waals surface area contributed by atoms with E-state index in [-0.39, 0.29) is 24.3 Å². The molecule has 2 N–H and O–H groups in total. The molecule has 0 spiro atoms. The smallest absolute Gasteiger partial charge is 0.264 e. The normalized spacial score (nSPS) is 13.9. The van der Waals surface area contributed by atoms with E-state index in [2.05, 4.69) is 10.6 Å². The molecule has 1 aliphatic heterocycles. The zero-order valence-corrected chi connectivity index (χ0v) is 19.7. The first kappa shape index (κ1) is 23.7. The van der Waals surface area contributed by atoms with E-state index in [9.17, 15) is 14.4 Å². The lowest BCUT2D eigenvalue weighted by Gasteiger charge is -2.34. The maximum absolute atomic E-state index is 12.7. The summed E-state index contributed by atoms with van der Waals surface area (Å²) in [4.78, 5) is 42.5. The molecule has 0 aliphatic carbocycles. The molecule has 3 amide bonds. The van der Waals surface area contributed by atoms with Crippen molar-refractivity contribution in [3.63, 3.8) is 0 Å². The van der Waals surface area contributed by atoms with E-state index in [1.54, 1.807) is 24.3 Å². The summed E-state index contributed by atoms with van der Waals surface area (Å²) in [5, 5.41) is 7.71. The molecule has 7 nitrogen and oxygen atoms in total. The van der Waals surface area contributed by atoms with Crippen LogP contribution in [0.2, 0.25) is 0 Å². The molecule has 1 saturated heterocycles. The van der Waals surface area contributed by atoms with Crippen LogP contribution in [0, 0.1) is 0 Å². The van der Waals surface area contributed by atoms with Gasteiger partial charge in [-0.2, -0.15) is 0 Å². The maximum Gasteiger partial charge on any atom is 0.264 e. The third-order valence-corrected chi connectivity index (χ3v) is 6.60. The third kappa shape index (κ3) is 6.30. The van der Waals surface area contributed by atoms with Crippen LogP contribution in [0.25, 0.3) is 0 Å². The zero-order chi connectivity index (χ0) is 23.8. The van der Waals surface area contributed by atoms with Gasteiger partial charge in [0.1, 0.15) is 0 Å². The van der Waals surface area contributed by atoms with E-state index in [0.29, 0.717) is 44.0 Å². The Morgan fingerprint density at radius 2 is 1.59 bits per heavy atom. The summed E-state index contributed by atoms with van der Waals surface area (Å²) in [6.45, 7) is 3.16. The minimum Gasteiger partial charge on any atom is -0.352 e. The number of amides is 3. The maximum atomic E-state index is 12.7. The molecular formula is C26H28N4O3S. The number of piperazine rings is 1. The SMILES string of the molecule is O=C(CN1CCN(C(=O)c2cccs2)CC1)Nc1ccccc1C(=O)NCCc1ccccc1. The lowest BCUT2D eigenvalue weighted by Crippen LogP contribution is -2.50. The Bertz CT molecular complexity index is 1110. The fraction of sp³-hybridized carbons (Fsp3) is 0.269. The number of nitrogens with zero attached hydrogens (tertiary/aromatic N) is 2. The molecular weight excluding hydrogens is 448 g/mol. The summed E-state index contributed by atoms with van der Waals surface area (Å²) in [7, 11) is 0. The van der Waals surface area contributed by atoms with Gasteiger partial charge in [-0.3, -0.25) is 19.3 Å². The van der Waals surface area contributed by atoms with Crippen LogP contribution in [0.4, 0.5) is 5.69 Å². The van der Waals surface area contributed by atoms with Crippen molar-refractivity contribution >= 4 is 34.7 Å². The summed E-state index contributed by atoms with van der Waals surface area (Å²) >= 11 is 1.44. The number of benzene rings is 2.